The lowest BCUT2D eigenvalue weighted by molar-refractivity contribution is -0.247. The quantitative estimate of drug-likeness (QED) is 0.773. The predicted molar refractivity (Wildman–Crippen MR) is 74.2 cm³/mol. The van der Waals surface area contributed by atoms with E-state index in [0.29, 0.717) is 13.2 Å². The van der Waals surface area contributed by atoms with Crippen LogP contribution in [0.3, 0.4) is 0 Å². The minimum Gasteiger partial charge on any atom is -0.375 e. The fourth-order valence-electron chi connectivity index (χ4n) is 2.85. The van der Waals surface area contributed by atoms with E-state index in [2.05, 4.69) is 18.7 Å². The molecule has 0 N–H and O–H groups in total. The molecule has 0 unspecified atom stereocenters. The fraction of sp³-hybridized carbons (Fsp3) is 0.500. The lowest BCUT2D eigenvalue weighted by Crippen LogP contribution is -2.51. The molecule has 2 saturated heterocycles. The Morgan fingerprint density at radius 2 is 2.20 bits per heavy atom. The molecule has 20 heavy (non-hydrogen) atoms. The van der Waals surface area contributed by atoms with Gasteiger partial charge in [0.05, 0.1) is 19.3 Å². The lowest BCUT2D eigenvalue weighted by Gasteiger charge is -2.39. The van der Waals surface area contributed by atoms with Crippen LogP contribution in [0.5, 0.6) is 0 Å². The summed E-state index contributed by atoms with van der Waals surface area (Å²) in [5.74, 6) is -0.800. The van der Waals surface area contributed by atoms with Crippen LogP contribution in [0.25, 0.3) is 0 Å². The van der Waals surface area contributed by atoms with E-state index in [1.165, 1.54) is 0 Å². The fourth-order valence-corrected chi connectivity index (χ4v) is 2.85. The van der Waals surface area contributed by atoms with Crippen LogP contribution in [0.1, 0.15) is 12.0 Å². The molecule has 0 aliphatic carbocycles. The summed E-state index contributed by atoms with van der Waals surface area (Å²) in [6.45, 7) is 4.89. The molecular weight excluding hydrogens is 256 g/mol. The van der Waals surface area contributed by atoms with E-state index >= 15 is 0 Å². The Hall–Kier alpha value is -1.20. The van der Waals surface area contributed by atoms with Crippen LogP contribution in [0.4, 0.5) is 0 Å². The van der Waals surface area contributed by atoms with Gasteiger partial charge in [-0.05, 0) is 11.6 Å². The normalized spacial score (nSPS) is 36.0. The molecule has 1 aromatic carbocycles. The SMILES string of the molecule is C=C[C@@]12OC[C@@H](O1)[C@@H](OCc1ccccc1)C[C@H]2OC. The summed E-state index contributed by atoms with van der Waals surface area (Å²) in [6, 6.07) is 10.1. The molecule has 108 valence electrons. The van der Waals surface area contributed by atoms with Crippen LogP contribution >= 0.6 is 0 Å². The van der Waals surface area contributed by atoms with Crippen molar-refractivity contribution >= 4 is 0 Å². The molecule has 0 amide bonds. The van der Waals surface area contributed by atoms with Crippen molar-refractivity contribution in [2.45, 2.75) is 37.1 Å². The lowest BCUT2D eigenvalue weighted by atomic mass is 9.97. The molecule has 2 bridgehead atoms. The van der Waals surface area contributed by atoms with Crippen LogP contribution in [-0.4, -0.2) is 37.8 Å². The Kier molecular flexibility index (Phi) is 3.89. The second-order valence-corrected chi connectivity index (χ2v) is 5.19. The van der Waals surface area contributed by atoms with E-state index in [0.717, 1.165) is 12.0 Å². The van der Waals surface area contributed by atoms with Crippen molar-refractivity contribution in [1.29, 1.82) is 0 Å². The van der Waals surface area contributed by atoms with Crippen LogP contribution in [0.15, 0.2) is 43.0 Å². The minimum atomic E-state index is -0.800. The monoisotopic (exact) mass is 276 g/mol. The van der Waals surface area contributed by atoms with Crippen LogP contribution in [0.2, 0.25) is 0 Å². The van der Waals surface area contributed by atoms with Gasteiger partial charge in [0.15, 0.2) is 0 Å². The van der Waals surface area contributed by atoms with E-state index in [9.17, 15) is 0 Å². The zero-order chi connectivity index (χ0) is 14.0. The number of rotatable bonds is 5. The largest absolute Gasteiger partial charge is 0.375 e. The third kappa shape index (κ3) is 2.40. The Morgan fingerprint density at radius 3 is 2.90 bits per heavy atom. The zero-order valence-corrected chi connectivity index (χ0v) is 11.7. The number of benzene rings is 1. The van der Waals surface area contributed by atoms with Gasteiger partial charge in [-0.3, -0.25) is 0 Å². The third-order valence-corrected chi connectivity index (χ3v) is 3.99. The average Bonchev–Trinajstić information content (AvgIpc) is 2.89. The molecule has 3 rings (SSSR count). The van der Waals surface area contributed by atoms with Gasteiger partial charge in [-0.25, -0.2) is 0 Å². The Bertz CT molecular complexity index is 461. The van der Waals surface area contributed by atoms with E-state index in [1.807, 2.05) is 18.2 Å². The van der Waals surface area contributed by atoms with E-state index in [1.54, 1.807) is 13.2 Å². The van der Waals surface area contributed by atoms with Gasteiger partial charge in [0.25, 0.3) is 0 Å². The number of fused-ring (bicyclic) bond motifs is 2. The van der Waals surface area contributed by atoms with Crippen molar-refractivity contribution in [3.05, 3.63) is 48.6 Å². The van der Waals surface area contributed by atoms with Gasteiger partial charge in [0.2, 0.25) is 5.79 Å². The van der Waals surface area contributed by atoms with E-state index < -0.39 is 5.79 Å². The Balaban J connectivity index is 1.65. The second-order valence-electron chi connectivity index (χ2n) is 5.19. The van der Waals surface area contributed by atoms with Crippen molar-refractivity contribution in [2.75, 3.05) is 13.7 Å². The summed E-state index contributed by atoms with van der Waals surface area (Å²) in [7, 11) is 1.66. The van der Waals surface area contributed by atoms with Crippen LogP contribution in [-0.2, 0) is 25.6 Å². The highest BCUT2D eigenvalue weighted by molar-refractivity contribution is 5.13. The molecule has 2 aliphatic heterocycles. The molecular formula is C16H20O4. The number of ether oxygens (including phenoxy) is 4. The maximum Gasteiger partial charge on any atom is 0.215 e. The summed E-state index contributed by atoms with van der Waals surface area (Å²) in [5.41, 5.74) is 1.15. The highest BCUT2D eigenvalue weighted by atomic mass is 16.8. The van der Waals surface area contributed by atoms with Crippen molar-refractivity contribution in [1.82, 2.24) is 0 Å². The average molecular weight is 276 g/mol. The molecule has 2 heterocycles. The Labute approximate surface area is 119 Å². The molecule has 0 radical (unpaired) electrons. The van der Waals surface area contributed by atoms with Crippen molar-refractivity contribution in [3.63, 3.8) is 0 Å². The maximum absolute atomic E-state index is 6.00. The molecule has 2 aliphatic rings. The molecule has 4 nitrogen and oxygen atoms in total. The van der Waals surface area contributed by atoms with Gasteiger partial charge >= 0.3 is 0 Å². The topological polar surface area (TPSA) is 36.9 Å². The van der Waals surface area contributed by atoms with Gasteiger partial charge in [-0.2, -0.15) is 0 Å². The molecule has 4 heteroatoms. The number of methoxy groups -OCH3 is 1. The van der Waals surface area contributed by atoms with Gasteiger partial charge in [-0.1, -0.05) is 36.9 Å². The minimum absolute atomic E-state index is 0.0178. The summed E-state index contributed by atoms with van der Waals surface area (Å²) in [4.78, 5) is 0. The summed E-state index contributed by atoms with van der Waals surface area (Å²) >= 11 is 0. The van der Waals surface area contributed by atoms with E-state index in [-0.39, 0.29) is 18.3 Å². The molecule has 0 spiro atoms. The highest BCUT2D eigenvalue weighted by Crippen LogP contribution is 2.40. The van der Waals surface area contributed by atoms with E-state index in [4.69, 9.17) is 18.9 Å². The zero-order valence-electron chi connectivity index (χ0n) is 11.7. The van der Waals surface area contributed by atoms with Gasteiger partial charge in [0, 0.05) is 13.5 Å². The molecule has 0 saturated carbocycles. The molecule has 0 aromatic heterocycles. The third-order valence-electron chi connectivity index (χ3n) is 3.99. The number of hydrogen-bond acceptors (Lipinski definition) is 4. The van der Waals surface area contributed by atoms with Gasteiger partial charge < -0.3 is 18.9 Å². The van der Waals surface area contributed by atoms with Gasteiger partial charge in [0.1, 0.15) is 12.2 Å². The van der Waals surface area contributed by atoms with Gasteiger partial charge in [-0.15, -0.1) is 0 Å². The molecule has 1 aromatic rings. The smallest absolute Gasteiger partial charge is 0.215 e. The summed E-state index contributed by atoms with van der Waals surface area (Å²) in [6.07, 6.45) is 2.19. The number of hydrogen-bond donors (Lipinski definition) is 0. The second kappa shape index (κ2) is 5.66. The maximum atomic E-state index is 6.00. The molecule has 2 fully saturated rings. The van der Waals surface area contributed by atoms with Crippen LogP contribution < -0.4 is 0 Å². The first-order chi connectivity index (χ1) is 9.77. The highest BCUT2D eigenvalue weighted by Gasteiger charge is 2.54. The summed E-state index contributed by atoms with van der Waals surface area (Å²) in [5, 5.41) is 0. The van der Waals surface area contributed by atoms with Crippen molar-refractivity contribution < 1.29 is 18.9 Å². The first-order valence-corrected chi connectivity index (χ1v) is 6.91. The molecule has 4 atom stereocenters. The first-order valence-electron chi connectivity index (χ1n) is 6.91. The van der Waals surface area contributed by atoms with Crippen LogP contribution in [0, 0.1) is 0 Å². The predicted octanol–water partition coefficient (Wildman–Crippen LogP) is 2.29. The standard InChI is InChI=1S/C16H20O4/c1-3-16-15(17-2)9-13(14(20-16)11-19-16)18-10-12-7-5-4-6-8-12/h3-8,13-15H,1,9-11H2,2H3/t13-,14+,15+,16+/m0/s1. The first kappa shape index (κ1) is 13.8. The Morgan fingerprint density at radius 1 is 1.40 bits per heavy atom. The van der Waals surface area contributed by atoms with Crippen molar-refractivity contribution in [3.8, 4) is 0 Å². The summed E-state index contributed by atoms with van der Waals surface area (Å²) < 4.78 is 23.2. The van der Waals surface area contributed by atoms with Crippen molar-refractivity contribution in [2.24, 2.45) is 0 Å².